The maximum Gasteiger partial charge on any atom is 0.257 e. The van der Waals surface area contributed by atoms with Crippen molar-refractivity contribution in [3.05, 3.63) is 35.4 Å². The molecular formula is C14H17F2NO2. The molecule has 19 heavy (non-hydrogen) atoms. The molecule has 5 heteroatoms. The van der Waals surface area contributed by atoms with Crippen LogP contribution < -0.4 is 0 Å². The molecule has 2 rings (SSSR count). The number of likely N-dealkylation sites (tertiary alicyclic amines) is 1. The van der Waals surface area contributed by atoms with Crippen LogP contribution in [0.1, 0.15) is 37.0 Å². The second-order valence-corrected chi connectivity index (χ2v) is 5.54. The van der Waals surface area contributed by atoms with Crippen molar-refractivity contribution in [2.45, 2.75) is 38.3 Å². The Bertz CT molecular complexity index is 502. The van der Waals surface area contributed by atoms with E-state index in [1.807, 2.05) is 13.8 Å². The molecule has 0 radical (unpaired) electrons. The molecule has 1 aliphatic rings. The lowest BCUT2D eigenvalue weighted by Crippen LogP contribution is -2.54. The third-order valence-electron chi connectivity index (χ3n) is 3.56. The number of halogens is 2. The molecule has 1 amide bonds. The Morgan fingerprint density at radius 2 is 2.11 bits per heavy atom. The first-order chi connectivity index (χ1) is 8.81. The summed E-state index contributed by atoms with van der Waals surface area (Å²) in [7, 11) is 0. The Balaban J connectivity index is 2.31. The van der Waals surface area contributed by atoms with Crippen LogP contribution in [0.15, 0.2) is 18.2 Å². The minimum absolute atomic E-state index is 0.260. The Labute approximate surface area is 110 Å². The summed E-state index contributed by atoms with van der Waals surface area (Å²) in [5.74, 6) is -1.90. The summed E-state index contributed by atoms with van der Waals surface area (Å²) in [6, 6.07) is 2.85. The number of aliphatic hydroxyl groups is 1. The van der Waals surface area contributed by atoms with Crippen LogP contribution in [0.4, 0.5) is 8.78 Å². The van der Waals surface area contributed by atoms with Gasteiger partial charge in [-0.25, -0.2) is 8.78 Å². The molecule has 3 nitrogen and oxygen atoms in total. The summed E-state index contributed by atoms with van der Waals surface area (Å²) in [4.78, 5) is 13.8. The van der Waals surface area contributed by atoms with Crippen LogP contribution in [0.3, 0.4) is 0 Å². The molecule has 1 aliphatic heterocycles. The van der Waals surface area contributed by atoms with E-state index in [1.165, 1.54) is 4.90 Å². The fourth-order valence-electron chi connectivity index (χ4n) is 2.55. The summed E-state index contributed by atoms with van der Waals surface area (Å²) in [6.07, 6.45) is 0.415. The lowest BCUT2D eigenvalue weighted by Gasteiger charge is -2.44. The number of nitrogens with zero attached hydrogens (tertiary/aromatic N) is 1. The third kappa shape index (κ3) is 2.76. The Hall–Kier alpha value is -1.49. The van der Waals surface area contributed by atoms with Crippen molar-refractivity contribution in [3.8, 4) is 0 Å². The number of carbonyl (C=O) groups is 1. The van der Waals surface area contributed by atoms with Crippen molar-refractivity contribution in [2.75, 3.05) is 6.54 Å². The molecular weight excluding hydrogens is 252 g/mol. The lowest BCUT2D eigenvalue weighted by molar-refractivity contribution is 0.00300. The zero-order valence-electron chi connectivity index (χ0n) is 11.0. The van der Waals surface area contributed by atoms with E-state index in [1.54, 1.807) is 0 Å². The number of piperidine rings is 1. The van der Waals surface area contributed by atoms with Gasteiger partial charge in [0.25, 0.3) is 5.91 Å². The predicted octanol–water partition coefficient (Wildman–Crippen LogP) is 2.34. The zero-order valence-corrected chi connectivity index (χ0v) is 11.0. The first-order valence-corrected chi connectivity index (χ1v) is 6.26. The zero-order chi connectivity index (χ0) is 14.2. The number of hydrogen-bond donors (Lipinski definition) is 1. The highest BCUT2D eigenvalue weighted by atomic mass is 19.1. The normalized spacial score (nSPS) is 22.4. The molecule has 0 saturated carbocycles. The summed E-state index contributed by atoms with van der Waals surface area (Å²) in [5.41, 5.74) is -0.836. The van der Waals surface area contributed by atoms with Crippen molar-refractivity contribution in [3.63, 3.8) is 0 Å². The van der Waals surface area contributed by atoms with Crippen LogP contribution in [-0.2, 0) is 0 Å². The molecule has 0 aliphatic carbocycles. The largest absolute Gasteiger partial charge is 0.393 e. The minimum Gasteiger partial charge on any atom is -0.393 e. The molecule has 1 unspecified atom stereocenters. The molecule has 1 fully saturated rings. The SMILES string of the molecule is CC1(C)CC(O)CCN1C(=O)c1cc(F)ccc1F. The van der Waals surface area contributed by atoms with Gasteiger partial charge in [0.1, 0.15) is 11.6 Å². The van der Waals surface area contributed by atoms with Gasteiger partial charge < -0.3 is 10.0 Å². The van der Waals surface area contributed by atoms with Gasteiger partial charge >= 0.3 is 0 Å². The topological polar surface area (TPSA) is 40.5 Å². The van der Waals surface area contributed by atoms with Crippen LogP contribution in [0.2, 0.25) is 0 Å². The van der Waals surface area contributed by atoms with E-state index in [9.17, 15) is 18.7 Å². The monoisotopic (exact) mass is 269 g/mol. The number of benzene rings is 1. The smallest absolute Gasteiger partial charge is 0.257 e. The van der Waals surface area contributed by atoms with Crippen molar-refractivity contribution in [1.82, 2.24) is 4.90 Å². The summed E-state index contributed by atoms with van der Waals surface area (Å²) >= 11 is 0. The number of carbonyl (C=O) groups excluding carboxylic acids is 1. The van der Waals surface area contributed by atoms with Gasteiger partial charge in [-0.15, -0.1) is 0 Å². The number of hydrogen-bond acceptors (Lipinski definition) is 2. The van der Waals surface area contributed by atoms with Gasteiger partial charge in [-0.1, -0.05) is 0 Å². The number of rotatable bonds is 1. The predicted molar refractivity (Wildman–Crippen MR) is 66.7 cm³/mol. The molecule has 1 heterocycles. The second kappa shape index (κ2) is 4.89. The Morgan fingerprint density at radius 3 is 2.74 bits per heavy atom. The maximum absolute atomic E-state index is 13.6. The molecule has 0 bridgehead atoms. The highest BCUT2D eigenvalue weighted by molar-refractivity contribution is 5.95. The van der Waals surface area contributed by atoms with Crippen LogP contribution >= 0.6 is 0 Å². The quantitative estimate of drug-likeness (QED) is 0.850. The van der Waals surface area contributed by atoms with Gasteiger partial charge in [0, 0.05) is 12.1 Å². The average Bonchev–Trinajstić information content (AvgIpc) is 2.30. The molecule has 1 aromatic rings. The molecule has 0 spiro atoms. The van der Waals surface area contributed by atoms with E-state index in [-0.39, 0.29) is 5.56 Å². The van der Waals surface area contributed by atoms with E-state index >= 15 is 0 Å². The van der Waals surface area contributed by atoms with Gasteiger partial charge in [0.15, 0.2) is 0 Å². The van der Waals surface area contributed by atoms with Crippen molar-refractivity contribution < 1.29 is 18.7 Å². The van der Waals surface area contributed by atoms with Crippen LogP contribution in [0, 0.1) is 11.6 Å². The van der Waals surface area contributed by atoms with Gasteiger partial charge in [0.05, 0.1) is 11.7 Å². The maximum atomic E-state index is 13.6. The minimum atomic E-state index is -0.728. The van der Waals surface area contributed by atoms with E-state index in [0.717, 1.165) is 18.2 Å². The molecule has 1 atom stereocenters. The van der Waals surface area contributed by atoms with Gasteiger partial charge in [-0.3, -0.25) is 4.79 Å². The van der Waals surface area contributed by atoms with Crippen LogP contribution in [0.25, 0.3) is 0 Å². The Morgan fingerprint density at radius 1 is 1.42 bits per heavy atom. The third-order valence-corrected chi connectivity index (χ3v) is 3.56. The average molecular weight is 269 g/mol. The van der Waals surface area contributed by atoms with Gasteiger partial charge in [-0.2, -0.15) is 0 Å². The highest BCUT2D eigenvalue weighted by Crippen LogP contribution is 2.29. The first kappa shape index (κ1) is 13.9. The fourth-order valence-corrected chi connectivity index (χ4v) is 2.55. The lowest BCUT2D eigenvalue weighted by atomic mass is 9.88. The van der Waals surface area contributed by atoms with E-state index in [0.29, 0.717) is 19.4 Å². The van der Waals surface area contributed by atoms with Crippen molar-refractivity contribution >= 4 is 5.91 Å². The molecule has 1 N–H and O–H groups in total. The molecule has 0 aromatic heterocycles. The first-order valence-electron chi connectivity index (χ1n) is 6.26. The van der Waals surface area contributed by atoms with E-state index < -0.39 is 29.2 Å². The van der Waals surface area contributed by atoms with E-state index in [4.69, 9.17) is 0 Å². The van der Waals surface area contributed by atoms with Gasteiger partial charge in [0.2, 0.25) is 0 Å². The number of aliphatic hydroxyl groups excluding tert-OH is 1. The molecule has 1 saturated heterocycles. The standard InChI is InChI=1S/C14H17F2NO2/c1-14(2)8-10(18)5-6-17(14)13(19)11-7-9(15)3-4-12(11)16/h3-4,7,10,18H,5-6,8H2,1-2H3. The van der Waals surface area contributed by atoms with Crippen LogP contribution in [-0.4, -0.2) is 34.1 Å². The van der Waals surface area contributed by atoms with Crippen LogP contribution in [0.5, 0.6) is 0 Å². The van der Waals surface area contributed by atoms with Crippen molar-refractivity contribution in [1.29, 1.82) is 0 Å². The summed E-state index contributed by atoms with van der Waals surface area (Å²) in [5, 5.41) is 9.64. The van der Waals surface area contributed by atoms with E-state index in [2.05, 4.69) is 0 Å². The second-order valence-electron chi connectivity index (χ2n) is 5.54. The summed E-state index contributed by atoms with van der Waals surface area (Å²) < 4.78 is 26.8. The fraction of sp³-hybridized carbons (Fsp3) is 0.500. The van der Waals surface area contributed by atoms with Gasteiger partial charge in [-0.05, 0) is 44.9 Å². The number of amides is 1. The summed E-state index contributed by atoms with van der Waals surface area (Å²) in [6.45, 7) is 3.96. The highest BCUT2D eigenvalue weighted by Gasteiger charge is 2.38. The Kier molecular flexibility index (Phi) is 3.58. The molecule has 1 aromatic carbocycles. The molecule has 104 valence electrons. The van der Waals surface area contributed by atoms with Crippen molar-refractivity contribution in [2.24, 2.45) is 0 Å².